The van der Waals surface area contributed by atoms with Crippen LogP contribution in [0.5, 0.6) is 0 Å². The van der Waals surface area contributed by atoms with E-state index in [0.717, 1.165) is 19.3 Å². The van der Waals surface area contributed by atoms with Gasteiger partial charge in [0.05, 0.1) is 6.61 Å². The Labute approximate surface area is 135 Å². The predicted octanol–water partition coefficient (Wildman–Crippen LogP) is 3.86. The maximum absolute atomic E-state index is 12.7. The van der Waals surface area contributed by atoms with Gasteiger partial charge in [-0.25, -0.2) is 4.57 Å². The molecule has 0 rings (SSSR count). The maximum Gasteiger partial charge on any atom is 0.408 e. The predicted molar refractivity (Wildman–Crippen MR) is 87.7 cm³/mol. The number of hydrogen-bond acceptors (Lipinski definition) is 5. The van der Waals surface area contributed by atoms with E-state index in [1.54, 1.807) is 14.0 Å². The molecule has 0 aliphatic heterocycles. The average molecular weight is 337 g/mol. The van der Waals surface area contributed by atoms with Crippen LogP contribution in [0.3, 0.4) is 0 Å². The van der Waals surface area contributed by atoms with Crippen LogP contribution in [0.15, 0.2) is 0 Å². The largest absolute Gasteiger partial charge is 0.461 e. The molecule has 132 valence electrons. The molecule has 0 spiro atoms. The van der Waals surface area contributed by atoms with Gasteiger partial charge in [0, 0.05) is 7.11 Å². The number of rotatable bonds is 11. The molecule has 0 aromatic heterocycles. The molecule has 7 heteroatoms. The molecule has 0 N–H and O–H groups in total. The minimum Gasteiger partial charge on any atom is -0.461 e. The summed E-state index contributed by atoms with van der Waals surface area (Å²) in [6.07, 6.45) is 2.16. The van der Waals surface area contributed by atoms with Gasteiger partial charge in [0.15, 0.2) is 0 Å². The minimum atomic E-state index is -3.49. The second kappa shape index (κ2) is 10.4. The number of likely N-dealkylation sites (N-methyl/N-ethyl adjacent to an activating group) is 1. The molecule has 0 radical (unpaired) electrons. The SMILES string of the molecule is CCC(CC)OC(=O)C(C)N(C)P(=O)(OC)OCCC(C)C. The first kappa shape index (κ1) is 21.6. The van der Waals surface area contributed by atoms with Gasteiger partial charge >= 0.3 is 13.7 Å². The molecule has 0 saturated carbocycles. The monoisotopic (exact) mass is 337 g/mol. The second-order valence-electron chi connectivity index (χ2n) is 5.79. The summed E-state index contributed by atoms with van der Waals surface area (Å²) < 4.78 is 29.9. The summed E-state index contributed by atoms with van der Waals surface area (Å²) in [4.78, 5) is 12.2. The van der Waals surface area contributed by atoms with Crippen molar-refractivity contribution in [3.05, 3.63) is 0 Å². The van der Waals surface area contributed by atoms with E-state index in [1.807, 2.05) is 13.8 Å². The van der Waals surface area contributed by atoms with Crippen LogP contribution in [-0.4, -0.2) is 43.5 Å². The molecule has 0 aliphatic rings. The Morgan fingerprint density at radius 3 is 2.14 bits per heavy atom. The highest BCUT2D eigenvalue weighted by molar-refractivity contribution is 7.51. The van der Waals surface area contributed by atoms with E-state index in [4.69, 9.17) is 13.8 Å². The van der Waals surface area contributed by atoms with Crippen LogP contribution < -0.4 is 0 Å². The van der Waals surface area contributed by atoms with Crippen molar-refractivity contribution in [1.82, 2.24) is 4.67 Å². The molecule has 6 nitrogen and oxygen atoms in total. The number of esters is 1. The van der Waals surface area contributed by atoms with E-state index in [1.165, 1.54) is 11.8 Å². The molecule has 0 saturated heterocycles. The van der Waals surface area contributed by atoms with Crippen molar-refractivity contribution in [3.63, 3.8) is 0 Å². The summed E-state index contributed by atoms with van der Waals surface area (Å²) in [5, 5.41) is 0. The van der Waals surface area contributed by atoms with Gasteiger partial charge in [-0.2, -0.15) is 4.67 Å². The highest BCUT2D eigenvalue weighted by Gasteiger charge is 2.37. The lowest BCUT2D eigenvalue weighted by atomic mass is 10.2. The Morgan fingerprint density at radius 1 is 1.18 bits per heavy atom. The first-order valence-corrected chi connectivity index (χ1v) is 9.45. The van der Waals surface area contributed by atoms with Gasteiger partial charge in [-0.3, -0.25) is 13.8 Å². The molecule has 0 fully saturated rings. The fraction of sp³-hybridized carbons (Fsp3) is 0.933. The maximum atomic E-state index is 12.7. The van der Waals surface area contributed by atoms with E-state index in [9.17, 15) is 9.36 Å². The molecule has 0 aliphatic carbocycles. The van der Waals surface area contributed by atoms with Crippen LogP contribution in [0.2, 0.25) is 0 Å². The molecule has 22 heavy (non-hydrogen) atoms. The second-order valence-corrected chi connectivity index (χ2v) is 7.98. The van der Waals surface area contributed by atoms with Crippen molar-refractivity contribution >= 4 is 13.7 Å². The van der Waals surface area contributed by atoms with E-state index in [0.29, 0.717) is 12.5 Å². The topological polar surface area (TPSA) is 65.1 Å². The van der Waals surface area contributed by atoms with Crippen molar-refractivity contribution in [3.8, 4) is 0 Å². The molecule has 0 heterocycles. The fourth-order valence-corrected chi connectivity index (χ4v) is 3.16. The molecular weight excluding hydrogens is 305 g/mol. The number of nitrogens with zero attached hydrogens (tertiary/aromatic N) is 1. The van der Waals surface area contributed by atoms with Gasteiger partial charge in [-0.15, -0.1) is 0 Å². The standard InChI is InChI=1S/C15H32NO5P/c1-8-14(9-2)21-15(17)13(5)16(6)22(18,19-7)20-11-10-12(3)4/h12-14H,8-11H2,1-7H3. The number of ether oxygens (including phenoxy) is 1. The van der Waals surface area contributed by atoms with Gasteiger partial charge in [0.2, 0.25) is 0 Å². The first-order chi connectivity index (χ1) is 10.2. The lowest BCUT2D eigenvalue weighted by Gasteiger charge is -2.30. The molecule has 0 aromatic rings. The van der Waals surface area contributed by atoms with Crippen LogP contribution in [0.1, 0.15) is 53.9 Å². The van der Waals surface area contributed by atoms with Crippen molar-refractivity contribution in [2.24, 2.45) is 5.92 Å². The smallest absolute Gasteiger partial charge is 0.408 e. The Bertz CT molecular complexity index is 371. The third-order valence-electron chi connectivity index (χ3n) is 3.66. The molecule has 0 aromatic carbocycles. The normalized spacial score (nSPS) is 16.1. The van der Waals surface area contributed by atoms with Crippen LogP contribution in [-0.2, 0) is 23.1 Å². The van der Waals surface area contributed by atoms with Crippen molar-refractivity contribution in [1.29, 1.82) is 0 Å². The summed E-state index contributed by atoms with van der Waals surface area (Å²) >= 11 is 0. The van der Waals surface area contributed by atoms with Crippen LogP contribution >= 0.6 is 7.75 Å². The van der Waals surface area contributed by atoms with Gasteiger partial charge in [-0.05, 0) is 39.2 Å². The van der Waals surface area contributed by atoms with Crippen molar-refractivity contribution in [2.45, 2.75) is 66.0 Å². The summed E-state index contributed by atoms with van der Waals surface area (Å²) in [5.74, 6) is 0.0220. The summed E-state index contributed by atoms with van der Waals surface area (Å²) in [6.45, 7) is 10.0. The minimum absolute atomic E-state index is 0.118. The molecular formula is C15H32NO5P. The lowest BCUT2D eigenvalue weighted by molar-refractivity contribution is -0.153. The van der Waals surface area contributed by atoms with Crippen LogP contribution in [0.4, 0.5) is 0 Å². The quantitative estimate of drug-likeness (QED) is 0.421. The Kier molecular flexibility index (Phi) is 10.2. The van der Waals surface area contributed by atoms with Crippen LogP contribution in [0, 0.1) is 5.92 Å². The zero-order valence-corrected chi connectivity index (χ0v) is 15.9. The summed E-state index contributed by atoms with van der Waals surface area (Å²) in [6, 6.07) is -0.703. The highest BCUT2D eigenvalue weighted by atomic mass is 31.2. The summed E-state index contributed by atoms with van der Waals surface area (Å²) in [7, 11) is -0.606. The van der Waals surface area contributed by atoms with E-state index in [-0.39, 0.29) is 6.10 Å². The van der Waals surface area contributed by atoms with E-state index < -0.39 is 19.8 Å². The molecule has 0 amide bonds. The molecule has 2 atom stereocenters. The van der Waals surface area contributed by atoms with Gasteiger partial charge in [0.25, 0.3) is 0 Å². The van der Waals surface area contributed by atoms with Gasteiger partial charge in [0.1, 0.15) is 12.1 Å². The number of carbonyl (C=O) groups is 1. The molecule has 2 unspecified atom stereocenters. The van der Waals surface area contributed by atoms with Gasteiger partial charge in [-0.1, -0.05) is 27.7 Å². The Hall–Kier alpha value is -0.420. The third-order valence-corrected chi connectivity index (χ3v) is 5.75. The fourth-order valence-electron chi connectivity index (χ4n) is 1.76. The van der Waals surface area contributed by atoms with E-state index in [2.05, 4.69) is 13.8 Å². The van der Waals surface area contributed by atoms with Crippen molar-refractivity contribution < 1.29 is 23.1 Å². The Balaban J connectivity index is 4.75. The van der Waals surface area contributed by atoms with E-state index >= 15 is 0 Å². The third kappa shape index (κ3) is 6.78. The highest BCUT2D eigenvalue weighted by Crippen LogP contribution is 2.51. The zero-order valence-electron chi connectivity index (χ0n) is 15.0. The zero-order chi connectivity index (χ0) is 17.3. The lowest BCUT2D eigenvalue weighted by Crippen LogP contribution is -2.37. The number of hydrogen-bond donors (Lipinski definition) is 0. The van der Waals surface area contributed by atoms with Crippen LogP contribution in [0.25, 0.3) is 0 Å². The van der Waals surface area contributed by atoms with Crippen molar-refractivity contribution in [2.75, 3.05) is 20.8 Å². The summed E-state index contributed by atoms with van der Waals surface area (Å²) in [5.41, 5.74) is 0. The van der Waals surface area contributed by atoms with Gasteiger partial charge < -0.3 is 4.74 Å². The Morgan fingerprint density at radius 2 is 1.73 bits per heavy atom. The first-order valence-electron chi connectivity index (χ1n) is 7.95. The average Bonchev–Trinajstić information content (AvgIpc) is 2.50. The molecule has 0 bridgehead atoms. The number of carbonyl (C=O) groups excluding carboxylic acids is 1.